The third-order valence-electron chi connectivity index (χ3n) is 3.77. The third-order valence-corrected chi connectivity index (χ3v) is 3.77. The highest BCUT2D eigenvalue weighted by Crippen LogP contribution is 2.15. The normalized spacial score (nSPS) is 21.9. The van der Waals surface area contributed by atoms with E-state index in [0.29, 0.717) is 5.92 Å². The van der Waals surface area contributed by atoms with Crippen LogP contribution in [0.3, 0.4) is 0 Å². The van der Waals surface area contributed by atoms with Crippen LogP contribution in [0.25, 0.3) is 0 Å². The maximum atomic E-state index is 11.9. The van der Waals surface area contributed by atoms with E-state index < -0.39 is 0 Å². The molecule has 1 rings (SSSR count). The van der Waals surface area contributed by atoms with Gasteiger partial charge in [0.1, 0.15) is 0 Å². The van der Waals surface area contributed by atoms with Crippen molar-refractivity contribution in [3.05, 3.63) is 0 Å². The summed E-state index contributed by atoms with van der Waals surface area (Å²) in [7, 11) is 0. The Hall–Kier alpha value is -0.610. The molecular formula is C14H28N2O2. The molecule has 1 amide bonds. The summed E-state index contributed by atoms with van der Waals surface area (Å²) in [5.41, 5.74) is -0.119. The molecule has 4 heteroatoms. The van der Waals surface area contributed by atoms with Gasteiger partial charge in [-0.2, -0.15) is 0 Å². The van der Waals surface area contributed by atoms with Crippen molar-refractivity contribution >= 4 is 5.91 Å². The van der Waals surface area contributed by atoms with E-state index in [-0.39, 0.29) is 17.5 Å². The molecule has 1 aliphatic heterocycles. The Kier molecular flexibility index (Phi) is 6.09. The molecule has 18 heavy (non-hydrogen) atoms. The Balaban J connectivity index is 2.18. The predicted molar refractivity (Wildman–Crippen MR) is 73.5 cm³/mol. The molecule has 2 unspecified atom stereocenters. The fraction of sp³-hybridized carbons (Fsp3) is 0.929. The lowest BCUT2D eigenvalue weighted by molar-refractivity contribution is -0.124. The molecule has 0 aromatic carbocycles. The second kappa shape index (κ2) is 7.10. The van der Waals surface area contributed by atoms with Gasteiger partial charge in [-0.05, 0) is 52.5 Å². The quantitative estimate of drug-likeness (QED) is 0.729. The highest BCUT2D eigenvalue weighted by atomic mass is 16.5. The second-order valence-electron chi connectivity index (χ2n) is 5.92. The summed E-state index contributed by atoms with van der Waals surface area (Å²) >= 11 is 0. The molecule has 0 spiro atoms. The number of carbonyl (C=O) groups excluding carboxylic acids is 1. The molecule has 106 valence electrons. The maximum absolute atomic E-state index is 11.9. The summed E-state index contributed by atoms with van der Waals surface area (Å²) in [6.07, 6.45) is 3.19. The molecule has 0 aliphatic carbocycles. The number of rotatable bonds is 7. The van der Waals surface area contributed by atoms with Gasteiger partial charge in [0.2, 0.25) is 5.91 Å². The number of hydrogen-bond acceptors (Lipinski definition) is 3. The number of ether oxygens (including phenoxy) is 1. The van der Waals surface area contributed by atoms with Crippen molar-refractivity contribution in [2.75, 3.05) is 19.8 Å². The Labute approximate surface area is 111 Å². The van der Waals surface area contributed by atoms with Crippen LogP contribution in [0.5, 0.6) is 0 Å². The summed E-state index contributed by atoms with van der Waals surface area (Å²) in [5, 5.41) is 6.35. The first-order valence-electron chi connectivity index (χ1n) is 7.08. The summed E-state index contributed by atoms with van der Waals surface area (Å²) in [5.74, 6) is 0.754. The summed E-state index contributed by atoms with van der Waals surface area (Å²) < 4.78 is 5.34. The van der Waals surface area contributed by atoms with Gasteiger partial charge in [0.25, 0.3) is 0 Å². The zero-order valence-electron chi connectivity index (χ0n) is 12.2. The minimum atomic E-state index is -0.127. The summed E-state index contributed by atoms with van der Waals surface area (Å²) in [6, 6.07) is -0.127. The monoisotopic (exact) mass is 256 g/mol. The van der Waals surface area contributed by atoms with Crippen LogP contribution in [0, 0.1) is 5.92 Å². The van der Waals surface area contributed by atoms with Crippen LogP contribution in [0.1, 0.15) is 47.0 Å². The van der Waals surface area contributed by atoms with E-state index in [0.717, 1.165) is 39.0 Å². The van der Waals surface area contributed by atoms with Gasteiger partial charge in [0.15, 0.2) is 0 Å². The van der Waals surface area contributed by atoms with E-state index in [4.69, 9.17) is 4.74 Å². The summed E-state index contributed by atoms with van der Waals surface area (Å²) in [4.78, 5) is 11.9. The number of nitrogens with one attached hydrogen (secondary N) is 2. The van der Waals surface area contributed by atoms with Gasteiger partial charge in [-0.3, -0.25) is 4.79 Å². The van der Waals surface area contributed by atoms with Gasteiger partial charge in [-0.1, -0.05) is 6.92 Å². The maximum Gasteiger partial charge on any atom is 0.237 e. The molecule has 0 saturated carbocycles. The molecule has 1 aliphatic rings. The smallest absolute Gasteiger partial charge is 0.237 e. The van der Waals surface area contributed by atoms with Gasteiger partial charge in [0.05, 0.1) is 6.04 Å². The molecule has 0 radical (unpaired) electrons. The molecular weight excluding hydrogens is 228 g/mol. The van der Waals surface area contributed by atoms with E-state index in [1.54, 1.807) is 0 Å². The van der Waals surface area contributed by atoms with Crippen molar-refractivity contribution in [2.45, 2.75) is 58.5 Å². The van der Waals surface area contributed by atoms with Crippen molar-refractivity contribution in [3.8, 4) is 0 Å². The van der Waals surface area contributed by atoms with Gasteiger partial charge in [0, 0.05) is 18.8 Å². The predicted octanol–water partition coefficient (Wildman–Crippen LogP) is 1.70. The van der Waals surface area contributed by atoms with Crippen molar-refractivity contribution in [2.24, 2.45) is 5.92 Å². The Morgan fingerprint density at radius 1 is 1.50 bits per heavy atom. The minimum Gasteiger partial charge on any atom is -0.381 e. The van der Waals surface area contributed by atoms with Crippen molar-refractivity contribution < 1.29 is 9.53 Å². The van der Waals surface area contributed by atoms with E-state index in [1.807, 2.05) is 20.8 Å². The van der Waals surface area contributed by atoms with Crippen LogP contribution in [-0.2, 0) is 9.53 Å². The Morgan fingerprint density at radius 3 is 2.78 bits per heavy atom. The molecule has 0 bridgehead atoms. The lowest BCUT2D eigenvalue weighted by Crippen LogP contribution is -2.50. The lowest BCUT2D eigenvalue weighted by atomic mass is 10.0. The molecule has 0 aromatic heterocycles. The lowest BCUT2D eigenvalue weighted by Gasteiger charge is -2.27. The average molecular weight is 256 g/mol. The molecule has 4 nitrogen and oxygen atoms in total. The Bertz CT molecular complexity index is 261. The van der Waals surface area contributed by atoms with E-state index >= 15 is 0 Å². The first-order chi connectivity index (χ1) is 8.44. The van der Waals surface area contributed by atoms with Crippen molar-refractivity contribution in [1.82, 2.24) is 10.6 Å². The zero-order chi connectivity index (χ0) is 13.6. The van der Waals surface area contributed by atoms with E-state index in [9.17, 15) is 4.79 Å². The molecule has 1 saturated heterocycles. The standard InChI is InChI=1S/C14H28N2O2/c1-5-14(3,4)16-13(17)11(2)15-8-6-12-7-9-18-10-12/h11-12,15H,5-10H2,1-4H3,(H,16,17). The van der Waals surface area contributed by atoms with Crippen LogP contribution in [0.4, 0.5) is 0 Å². The largest absolute Gasteiger partial charge is 0.381 e. The first-order valence-corrected chi connectivity index (χ1v) is 7.08. The van der Waals surface area contributed by atoms with Crippen molar-refractivity contribution in [1.29, 1.82) is 0 Å². The molecule has 1 fully saturated rings. The van der Waals surface area contributed by atoms with Crippen LogP contribution in [-0.4, -0.2) is 37.2 Å². The molecule has 0 aromatic rings. The van der Waals surface area contributed by atoms with Gasteiger partial charge < -0.3 is 15.4 Å². The number of carbonyl (C=O) groups is 1. The molecule has 2 atom stereocenters. The van der Waals surface area contributed by atoms with Gasteiger partial charge in [-0.25, -0.2) is 0 Å². The van der Waals surface area contributed by atoms with Crippen LogP contribution >= 0.6 is 0 Å². The van der Waals surface area contributed by atoms with Crippen molar-refractivity contribution in [3.63, 3.8) is 0 Å². The van der Waals surface area contributed by atoms with Gasteiger partial charge in [-0.15, -0.1) is 0 Å². The third kappa shape index (κ3) is 5.36. The van der Waals surface area contributed by atoms with Crippen LogP contribution < -0.4 is 10.6 Å². The minimum absolute atomic E-state index is 0.0875. The highest BCUT2D eigenvalue weighted by molar-refractivity contribution is 5.81. The summed E-state index contributed by atoms with van der Waals surface area (Å²) in [6.45, 7) is 10.8. The number of amides is 1. The van der Waals surface area contributed by atoms with Crippen LogP contribution in [0.15, 0.2) is 0 Å². The fourth-order valence-electron chi connectivity index (χ4n) is 1.94. The second-order valence-corrected chi connectivity index (χ2v) is 5.92. The van der Waals surface area contributed by atoms with Crippen LogP contribution in [0.2, 0.25) is 0 Å². The first kappa shape index (κ1) is 15.4. The topological polar surface area (TPSA) is 50.4 Å². The zero-order valence-corrected chi connectivity index (χ0v) is 12.2. The molecule has 1 heterocycles. The highest BCUT2D eigenvalue weighted by Gasteiger charge is 2.22. The average Bonchev–Trinajstić information content (AvgIpc) is 2.81. The van der Waals surface area contributed by atoms with Gasteiger partial charge >= 0.3 is 0 Å². The molecule has 2 N–H and O–H groups in total. The van der Waals surface area contributed by atoms with E-state index in [1.165, 1.54) is 0 Å². The van der Waals surface area contributed by atoms with E-state index in [2.05, 4.69) is 17.6 Å². The number of hydrogen-bond donors (Lipinski definition) is 2. The Morgan fingerprint density at radius 2 is 2.22 bits per heavy atom. The SMILES string of the molecule is CCC(C)(C)NC(=O)C(C)NCCC1CCOC1. The fourth-order valence-corrected chi connectivity index (χ4v) is 1.94.